The first-order valence-electron chi connectivity index (χ1n) is 6.15. The number of carbonyl (C=O) groups is 1. The van der Waals surface area contributed by atoms with E-state index in [1.807, 2.05) is 0 Å². The van der Waals surface area contributed by atoms with E-state index in [9.17, 15) is 15.0 Å². The Morgan fingerprint density at radius 3 is 2.70 bits per heavy atom. The van der Waals surface area contributed by atoms with Crippen LogP contribution in [-0.4, -0.2) is 41.0 Å². The van der Waals surface area contributed by atoms with Crippen LogP contribution in [0.5, 0.6) is 5.75 Å². The lowest BCUT2D eigenvalue weighted by Crippen LogP contribution is -2.38. The summed E-state index contributed by atoms with van der Waals surface area (Å²) in [6.07, 6.45) is 0.0394. The van der Waals surface area contributed by atoms with Crippen LogP contribution in [0.15, 0.2) is 12.1 Å². The zero-order valence-corrected chi connectivity index (χ0v) is 12.4. The maximum absolute atomic E-state index is 11.4. The van der Waals surface area contributed by atoms with Gasteiger partial charge in [-0.05, 0) is 25.0 Å². The quantitative estimate of drug-likeness (QED) is 0.897. The summed E-state index contributed by atoms with van der Waals surface area (Å²) >= 11 is 12.2. The van der Waals surface area contributed by atoms with E-state index in [-0.39, 0.29) is 6.61 Å². The van der Waals surface area contributed by atoms with Gasteiger partial charge in [0.15, 0.2) is 0 Å². The van der Waals surface area contributed by atoms with Gasteiger partial charge >= 0.3 is 6.09 Å². The second-order valence-electron chi connectivity index (χ2n) is 4.60. The fraction of sp³-hybridized carbons (Fsp3) is 0.462. The minimum absolute atomic E-state index is 0.219. The highest BCUT2D eigenvalue weighted by molar-refractivity contribution is 6.42. The van der Waals surface area contributed by atoms with Crippen molar-refractivity contribution in [1.82, 2.24) is 4.90 Å². The molecule has 2 atom stereocenters. The molecular formula is C13H15Cl2NO4. The summed E-state index contributed by atoms with van der Waals surface area (Å²) in [7, 11) is 1.49. The fourth-order valence-corrected chi connectivity index (χ4v) is 3.12. The molecule has 1 amide bonds. The molecule has 1 aliphatic heterocycles. The Morgan fingerprint density at radius 2 is 2.15 bits per heavy atom. The van der Waals surface area contributed by atoms with Crippen LogP contribution in [0.4, 0.5) is 4.79 Å². The van der Waals surface area contributed by atoms with E-state index < -0.39 is 18.2 Å². The molecule has 20 heavy (non-hydrogen) atoms. The zero-order chi connectivity index (χ0) is 14.9. The van der Waals surface area contributed by atoms with Gasteiger partial charge in [0, 0.05) is 5.56 Å². The maximum Gasteiger partial charge on any atom is 0.408 e. The van der Waals surface area contributed by atoms with E-state index >= 15 is 0 Å². The molecule has 1 heterocycles. The van der Waals surface area contributed by atoms with Gasteiger partial charge < -0.3 is 14.9 Å². The van der Waals surface area contributed by atoms with Crippen molar-refractivity contribution in [2.24, 2.45) is 0 Å². The van der Waals surface area contributed by atoms with Gasteiger partial charge in [-0.1, -0.05) is 23.2 Å². The summed E-state index contributed by atoms with van der Waals surface area (Å²) in [6.45, 7) is -0.219. The first-order valence-corrected chi connectivity index (χ1v) is 6.90. The monoisotopic (exact) mass is 319 g/mol. The normalized spacial score (nSPS) is 22.1. The lowest BCUT2D eigenvalue weighted by molar-refractivity contribution is 0.0993. The zero-order valence-electron chi connectivity index (χ0n) is 10.8. The number of benzene rings is 1. The maximum atomic E-state index is 11.4. The van der Waals surface area contributed by atoms with E-state index in [4.69, 9.17) is 27.9 Å². The van der Waals surface area contributed by atoms with Crippen LogP contribution >= 0.6 is 23.2 Å². The average Bonchev–Trinajstić information content (AvgIpc) is 2.85. The van der Waals surface area contributed by atoms with Gasteiger partial charge in [-0.15, -0.1) is 0 Å². The number of carboxylic acid groups (broad SMARTS) is 1. The second kappa shape index (κ2) is 6.08. The van der Waals surface area contributed by atoms with Gasteiger partial charge in [-0.3, -0.25) is 4.90 Å². The molecule has 0 aromatic heterocycles. The predicted molar refractivity (Wildman–Crippen MR) is 75.7 cm³/mol. The molecule has 0 bridgehead atoms. The van der Waals surface area contributed by atoms with Crippen molar-refractivity contribution in [2.75, 3.05) is 13.7 Å². The van der Waals surface area contributed by atoms with Crippen molar-refractivity contribution in [3.63, 3.8) is 0 Å². The minimum atomic E-state index is -1.09. The summed E-state index contributed by atoms with van der Waals surface area (Å²) in [6, 6.07) is 2.37. The number of rotatable bonds is 3. The van der Waals surface area contributed by atoms with Crippen molar-refractivity contribution < 1.29 is 19.7 Å². The van der Waals surface area contributed by atoms with Gasteiger partial charge in [0.05, 0.1) is 35.8 Å². The number of likely N-dealkylation sites (tertiary alicyclic amines) is 1. The lowest BCUT2D eigenvalue weighted by atomic mass is 10.0. The first-order chi connectivity index (χ1) is 9.51. The molecule has 1 saturated heterocycles. The van der Waals surface area contributed by atoms with Gasteiger partial charge in [0.1, 0.15) is 5.75 Å². The van der Waals surface area contributed by atoms with Gasteiger partial charge in [-0.25, -0.2) is 4.79 Å². The molecule has 7 heteroatoms. The molecule has 1 aromatic carbocycles. The first kappa shape index (κ1) is 15.2. The summed E-state index contributed by atoms with van der Waals surface area (Å²) in [5, 5.41) is 19.3. The molecule has 0 spiro atoms. The summed E-state index contributed by atoms with van der Waals surface area (Å²) in [4.78, 5) is 12.7. The van der Waals surface area contributed by atoms with Crippen LogP contribution in [0.1, 0.15) is 24.4 Å². The molecule has 2 unspecified atom stereocenters. The summed E-state index contributed by atoms with van der Waals surface area (Å²) in [5.41, 5.74) is 0.556. The summed E-state index contributed by atoms with van der Waals surface area (Å²) in [5.74, 6) is 0.495. The highest BCUT2D eigenvalue weighted by Gasteiger charge is 2.40. The number of aliphatic hydroxyl groups is 1. The highest BCUT2D eigenvalue weighted by Crippen LogP contribution is 2.45. The summed E-state index contributed by atoms with van der Waals surface area (Å²) < 4.78 is 5.27. The van der Waals surface area contributed by atoms with Gasteiger partial charge in [0.2, 0.25) is 0 Å². The third kappa shape index (κ3) is 2.53. The molecule has 0 radical (unpaired) electrons. The SMILES string of the molecule is COc1ccc(Cl)c(Cl)c1C1CCC(CO)N1C(=O)O. The van der Waals surface area contributed by atoms with Crippen LogP contribution in [0.3, 0.4) is 0 Å². The molecule has 1 aliphatic rings. The predicted octanol–water partition coefficient (Wildman–Crippen LogP) is 3.18. The minimum Gasteiger partial charge on any atom is -0.496 e. The van der Waals surface area contributed by atoms with E-state index in [0.29, 0.717) is 34.2 Å². The van der Waals surface area contributed by atoms with Crippen molar-refractivity contribution in [2.45, 2.75) is 24.9 Å². The van der Waals surface area contributed by atoms with Crippen molar-refractivity contribution in [1.29, 1.82) is 0 Å². The second-order valence-corrected chi connectivity index (χ2v) is 5.38. The Bertz CT molecular complexity index is 523. The Balaban J connectivity index is 2.50. The number of nitrogens with zero attached hydrogens (tertiary/aromatic N) is 1. The largest absolute Gasteiger partial charge is 0.496 e. The number of hydrogen-bond donors (Lipinski definition) is 2. The standard InChI is InChI=1S/C13H15Cl2NO4/c1-20-10-5-3-8(14)12(15)11(10)9-4-2-7(6-17)16(9)13(18)19/h3,5,7,9,17H,2,4,6H2,1H3,(H,18,19). The van der Waals surface area contributed by atoms with Crippen LogP contribution in [0.2, 0.25) is 10.0 Å². The van der Waals surface area contributed by atoms with Crippen molar-refractivity contribution in [3.05, 3.63) is 27.7 Å². The molecule has 5 nitrogen and oxygen atoms in total. The van der Waals surface area contributed by atoms with E-state index in [2.05, 4.69) is 0 Å². The van der Waals surface area contributed by atoms with Crippen LogP contribution < -0.4 is 4.74 Å². The number of hydrogen-bond acceptors (Lipinski definition) is 3. The highest BCUT2D eigenvalue weighted by atomic mass is 35.5. The molecular weight excluding hydrogens is 305 g/mol. The molecule has 0 aliphatic carbocycles. The van der Waals surface area contributed by atoms with Crippen molar-refractivity contribution in [3.8, 4) is 5.75 Å². The number of methoxy groups -OCH3 is 1. The molecule has 1 aromatic rings. The molecule has 0 saturated carbocycles. The van der Waals surface area contributed by atoms with E-state index in [1.54, 1.807) is 12.1 Å². The van der Waals surface area contributed by atoms with E-state index in [0.717, 1.165) is 0 Å². The lowest BCUT2D eigenvalue weighted by Gasteiger charge is -2.28. The molecule has 110 valence electrons. The number of ether oxygens (including phenoxy) is 1. The molecule has 2 N–H and O–H groups in total. The van der Waals surface area contributed by atoms with Gasteiger partial charge in [-0.2, -0.15) is 0 Å². The Kier molecular flexibility index (Phi) is 4.62. The van der Waals surface area contributed by atoms with Crippen LogP contribution in [0.25, 0.3) is 0 Å². The third-order valence-corrected chi connectivity index (χ3v) is 4.40. The molecule has 1 fully saturated rings. The Labute approximate surface area is 126 Å². The Hall–Kier alpha value is -1.17. The van der Waals surface area contributed by atoms with Crippen molar-refractivity contribution >= 4 is 29.3 Å². The van der Waals surface area contributed by atoms with E-state index in [1.165, 1.54) is 12.0 Å². The van der Waals surface area contributed by atoms with Crippen LogP contribution in [-0.2, 0) is 0 Å². The topological polar surface area (TPSA) is 70.0 Å². The number of amides is 1. The Morgan fingerprint density at radius 1 is 1.45 bits per heavy atom. The smallest absolute Gasteiger partial charge is 0.408 e. The van der Waals surface area contributed by atoms with Crippen LogP contribution in [0, 0.1) is 0 Å². The number of halogens is 2. The number of aliphatic hydroxyl groups excluding tert-OH is 1. The average molecular weight is 320 g/mol. The molecule has 2 rings (SSSR count). The third-order valence-electron chi connectivity index (χ3n) is 3.58. The van der Waals surface area contributed by atoms with Gasteiger partial charge in [0.25, 0.3) is 0 Å². The fourth-order valence-electron chi connectivity index (χ4n) is 2.67.